The molecule has 0 spiro atoms. The van der Waals surface area contributed by atoms with E-state index in [1.807, 2.05) is 51.8 Å². The lowest BCUT2D eigenvalue weighted by atomic mass is 10.0. The predicted molar refractivity (Wildman–Crippen MR) is 123 cm³/mol. The highest BCUT2D eigenvalue weighted by Crippen LogP contribution is 2.36. The molecular weight excluding hydrogens is 360 g/mol. The van der Waals surface area contributed by atoms with E-state index in [4.69, 9.17) is 0 Å². The van der Waals surface area contributed by atoms with E-state index < -0.39 is 0 Å². The highest BCUT2D eigenvalue weighted by molar-refractivity contribution is 6.01. The summed E-state index contributed by atoms with van der Waals surface area (Å²) >= 11 is 0. The van der Waals surface area contributed by atoms with Gasteiger partial charge in [-0.1, -0.05) is 17.7 Å². The minimum Gasteiger partial charge on any atom is -0.365 e. The van der Waals surface area contributed by atoms with E-state index in [9.17, 15) is 4.79 Å². The fraction of sp³-hybridized carbons (Fsp3) is 0.542. The van der Waals surface area contributed by atoms with Crippen molar-refractivity contribution in [3.63, 3.8) is 0 Å². The van der Waals surface area contributed by atoms with Gasteiger partial charge < -0.3 is 10.2 Å². The third kappa shape index (κ3) is 5.78. The van der Waals surface area contributed by atoms with E-state index in [0.29, 0.717) is 12.4 Å². The summed E-state index contributed by atoms with van der Waals surface area (Å²) < 4.78 is 0. The van der Waals surface area contributed by atoms with Crippen LogP contribution in [0.25, 0.3) is 0 Å². The number of nitrogens with zero attached hydrogens (tertiary/aromatic N) is 3. The van der Waals surface area contributed by atoms with Crippen molar-refractivity contribution in [2.24, 2.45) is 15.9 Å². The fourth-order valence-electron chi connectivity index (χ4n) is 3.59. The van der Waals surface area contributed by atoms with Crippen LogP contribution in [0.5, 0.6) is 0 Å². The van der Waals surface area contributed by atoms with E-state index >= 15 is 0 Å². The molecule has 1 aliphatic carbocycles. The van der Waals surface area contributed by atoms with Gasteiger partial charge in [0.2, 0.25) is 0 Å². The van der Waals surface area contributed by atoms with Crippen molar-refractivity contribution in [3.05, 3.63) is 47.0 Å². The number of nitrogens with one attached hydrogen (secondary N) is 1. The molecule has 1 unspecified atom stereocenters. The fourth-order valence-corrected chi connectivity index (χ4v) is 3.59. The molecule has 1 saturated heterocycles. The maximum Gasteiger partial charge on any atom is 0.254 e. The maximum atomic E-state index is 13.4. The van der Waals surface area contributed by atoms with Crippen LogP contribution in [0.15, 0.2) is 57.0 Å². The van der Waals surface area contributed by atoms with Gasteiger partial charge in [0.1, 0.15) is 5.82 Å². The molecule has 1 aliphatic heterocycles. The number of aliphatic imine (C=N–C) groups is 2. The molecule has 0 radical (unpaired) electrons. The minimum atomic E-state index is 0.0551. The van der Waals surface area contributed by atoms with Crippen LogP contribution in [0.4, 0.5) is 0 Å². The van der Waals surface area contributed by atoms with E-state index in [0.717, 1.165) is 53.8 Å². The van der Waals surface area contributed by atoms with Gasteiger partial charge in [-0.15, -0.1) is 0 Å². The molecule has 1 N–H and O–H groups in total. The van der Waals surface area contributed by atoms with Crippen LogP contribution in [0.1, 0.15) is 60.8 Å². The van der Waals surface area contributed by atoms with Gasteiger partial charge in [0.25, 0.3) is 5.91 Å². The van der Waals surface area contributed by atoms with Gasteiger partial charge in [-0.3, -0.25) is 9.79 Å². The molecule has 2 aliphatic rings. The number of allylic oxidation sites excluding steroid dienone is 3. The topological polar surface area (TPSA) is 57.1 Å². The van der Waals surface area contributed by atoms with Crippen LogP contribution in [0.2, 0.25) is 0 Å². The highest BCUT2D eigenvalue weighted by atomic mass is 16.2. The Kier molecular flexibility index (Phi) is 7.39. The SMILES string of the molecule is C=CC(=NC=C(C)C)C1CCN(C(=O)C(=C(C)C)/C(C)=C(/N=C)NC2(C)CC2)C1. The van der Waals surface area contributed by atoms with Crippen molar-refractivity contribution in [3.8, 4) is 0 Å². The van der Waals surface area contributed by atoms with Gasteiger partial charge in [-0.05, 0) is 73.6 Å². The van der Waals surface area contributed by atoms with E-state index in [1.165, 1.54) is 0 Å². The largest absolute Gasteiger partial charge is 0.365 e. The summed E-state index contributed by atoms with van der Waals surface area (Å²) in [6, 6.07) is 0. The molecule has 1 atom stereocenters. The van der Waals surface area contributed by atoms with Gasteiger partial charge in [0.15, 0.2) is 0 Å². The summed E-state index contributed by atoms with van der Waals surface area (Å²) in [7, 11) is 0. The molecule has 0 aromatic heterocycles. The first-order valence-corrected chi connectivity index (χ1v) is 10.4. The molecule has 5 nitrogen and oxygen atoms in total. The molecule has 2 rings (SSSR count). The second-order valence-electron chi connectivity index (χ2n) is 8.89. The molecular formula is C24H36N4O. The third-order valence-corrected chi connectivity index (χ3v) is 5.60. The molecule has 1 saturated carbocycles. The van der Waals surface area contributed by atoms with Crippen molar-refractivity contribution < 1.29 is 4.79 Å². The molecule has 2 fully saturated rings. The van der Waals surface area contributed by atoms with Crippen LogP contribution >= 0.6 is 0 Å². The van der Waals surface area contributed by atoms with Crippen LogP contribution in [-0.2, 0) is 4.79 Å². The first-order valence-electron chi connectivity index (χ1n) is 10.4. The highest BCUT2D eigenvalue weighted by Gasteiger charge is 2.38. The van der Waals surface area contributed by atoms with Gasteiger partial charge in [-0.2, -0.15) is 0 Å². The van der Waals surface area contributed by atoms with Crippen molar-refractivity contribution >= 4 is 18.3 Å². The second-order valence-corrected chi connectivity index (χ2v) is 8.89. The zero-order valence-corrected chi connectivity index (χ0v) is 18.9. The van der Waals surface area contributed by atoms with Crippen LogP contribution in [0, 0.1) is 5.92 Å². The quantitative estimate of drug-likeness (QED) is 0.364. The summed E-state index contributed by atoms with van der Waals surface area (Å²) in [6.45, 7) is 21.1. The van der Waals surface area contributed by atoms with Crippen LogP contribution < -0.4 is 5.32 Å². The lowest BCUT2D eigenvalue weighted by molar-refractivity contribution is -0.126. The number of carbonyl (C=O) groups is 1. The molecule has 1 amide bonds. The van der Waals surface area contributed by atoms with Crippen molar-refractivity contribution in [1.82, 2.24) is 10.2 Å². The normalized spacial score (nSPS) is 21.1. The summed E-state index contributed by atoms with van der Waals surface area (Å²) in [4.78, 5) is 24.1. The lowest BCUT2D eigenvalue weighted by Gasteiger charge is -2.22. The Bertz CT molecular complexity index is 801. The number of hydrogen-bond acceptors (Lipinski definition) is 4. The van der Waals surface area contributed by atoms with Crippen molar-refractivity contribution in [1.29, 1.82) is 0 Å². The zero-order valence-electron chi connectivity index (χ0n) is 18.9. The summed E-state index contributed by atoms with van der Waals surface area (Å²) in [5.74, 6) is 0.983. The van der Waals surface area contributed by atoms with Crippen LogP contribution in [-0.4, -0.2) is 41.9 Å². The monoisotopic (exact) mass is 396 g/mol. The first kappa shape index (κ1) is 22.9. The average Bonchev–Trinajstić information content (AvgIpc) is 3.18. The lowest BCUT2D eigenvalue weighted by Crippen LogP contribution is -2.33. The standard InChI is InChI=1S/C24H36N4O/c1-9-20(26-14-16(2)3)19-10-13-28(15-19)23(29)21(17(4)5)18(6)22(25-8)27-24(7)11-12-24/h9,14,19,27H,1,8,10-13,15H2,2-7H3/b22-18-,26-20?. The number of amides is 1. The van der Waals surface area contributed by atoms with Gasteiger partial charge in [-0.25, -0.2) is 4.99 Å². The Morgan fingerprint density at radius 3 is 2.34 bits per heavy atom. The summed E-state index contributed by atoms with van der Waals surface area (Å²) in [5.41, 5.74) is 4.75. The number of hydrogen-bond donors (Lipinski definition) is 1. The van der Waals surface area contributed by atoms with Gasteiger partial charge in [0, 0.05) is 47.6 Å². The predicted octanol–water partition coefficient (Wildman–Crippen LogP) is 4.80. The van der Waals surface area contributed by atoms with E-state index in [-0.39, 0.29) is 17.4 Å². The van der Waals surface area contributed by atoms with Gasteiger partial charge in [0.05, 0.1) is 0 Å². The Balaban J connectivity index is 2.23. The van der Waals surface area contributed by atoms with Gasteiger partial charge >= 0.3 is 0 Å². The Morgan fingerprint density at radius 1 is 1.21 bits per heavy atom. The minimum absolute atomic E-state index is 0.0551. The number of carbonyl (C=O) groups excluding carboxylic acids is 1. The average molecular weight is 397 g/mol. The van der Waals surface area contributed by atoms with Crippen molar-refractivity contribution in [2.75, 3.05) is 13.1 Å². The Morgan fingerprint density at radius 2 is 1.86 bits per heavy atom. The Labute approximate surface area is 176 Å². The molecule has 0 aromatic rings. The molecule has 5 heteroatoms. The number of likely N-dealkylation sites (tertiary alicyclic amines) is 1. The molecule has 1 heterocycles. The third-order valence-electron chi connectivity index (χ3n) is 5.60. The van der Waals surface area contributed by atoms with Crippen molar-refractivity contribution in [2.45, 2.75) is 66.3 Å². The molecule has 0 aromatic carbocycles. The second kappa shape index (κ2) is 9.38. The maximum absolute atomic E-state index is 13.4. The molecule has 29 heavy (non-hydrogen) atoms. The summed E-state index contributed by atoms with van der Waals surface area (Å²) in [6.07, 6.45) is 6.79. The number of rotatable bonds is 8. The van der Waals surface area contributed by atoms with E-state index in [1.54, 1.807) is 0 Å². The summed E-state index contributed by atoms with van der Waals surface area (Å²) in [5, 5.41) is 3.47. The first-order chi connectivity index (χ1) is 13.6. The smallest absolute Gasteiger partial charge is 0.254 e. The zero-order chi connectivity index (χ0) is 21.8. The van der Waals surface area contributed by atoms with E-state index in [2.05, 4.69) is 35.5 Å². The van der Waals surface area contributed by atoms with Crippen LogP contribution in [0.3, 0.4) is 0 Å². The molecule has 0 bridgehead atoms. The Hall–Kier alpha value is -2.43. The molecule has 158 valence electrons.